The minimum Gasteiger partial charge on any atom is -0.496 e. The third kappa shape index (κ3) is 3.61. The van der Waals surface area contributed by atoms with E-state index in [4.69, 9.17) is 9.47 Å². The first-order valence-electron chi connectivity index (χ1n) is 8.42. The molecule has 2 heterocycles. The van der Waals surface area contributed by atoms with Gasteiger partial charge in [0, 0.05) is 50.1 Å². The minimum absolute atomic E-state index is 0.176. The third-order valence-electron chi connectivity index (χ3n) is 4.82. The zero-order valence-electron chi connectivity index (χ0n) is 14.2. The molecular weight excluding hydrogens is 292 g/mol. The second-order valence-corrected chi connectivity index (χ2v) is 6.57. The molecule has 5 nitrogen and oxygen atoms in total. The van der Waals surface area contributed by atoms with Crippen LogP contribution in [0, 0.1) is 0 Å². The third-order valence-corrected chi connectivity index (χ3v) is 4.82. The van der Waals surface area contributed by atoms with Crippen molar-refractivity contribution in [1.29, 1.82) is 0 Å². The Kier molecular flexibility index (Phi) is 4.76. The number of fused-ring (bicyclic) bond motifs is 1. The van der Waals surface area contributed by atoms with Gasteiger partial charge in [0.2, 0.25) is 5.91 Å². The lowest BCUT2D eigenvalue weighted by atomic mass is 10.0. The van der Waals surface area contributed by atoms with E-state index in [1.54, 1.807) is 14.0 Å². The Hall–Kier alpha value is -1.75. The number of nitrogens with one attached hydrogen (secondary N) is 1. The molecule has 0 saturated carbocycles. The van der Waals surface area contributed by atoms with E-state index in [-0.39, 0.29) is 12.0 Å². The largest absolute Gasteiger partial charge is 0.496 e. The summed E-state index contributed by atoms with van der Waals surface area (Å²) in [5, 5.41) is 3.60. The second-order valence-electron chi connectivity index (χ2n) is 6.57. The van der Waals surface area contributed by atoms with Gasteiger partial charge in [0.05, 0.1) is 7.11 Å². The molecule has 0 aliphatic carbocycles. The lowest BCUT2D eigenvalue weighted by Gasteiger charge is -2.32. The number of methoxy groups -OCH3 is 1. The number of carbonyl (C=O) groups excluding carboxylic acids is 1. The topological polar surface area (TPSA) is 50.8 Å². The maximum atomic E-state index is 11.4. The molecule has 1 N–H and O–H groups in total. The Bertz CT molecular complexity index is 580. The maximum Gasteiger partial charge on any atom is 0.219 e. The smallest absolute Gasteiger partial charge is 0.219 e. The Labute approximate surface area is 137 Å². The van der Waals surface area contributed by atoms with E-state index in [1.807, 2.05) is 4.90 Å². The molecule has 0 spiro atoms. The molecule has 5 heteroatoms. The zero-order chi connectivity index (χ0) is 16.4. The van der Waals surface area contributed by atoms with Crippen molar-refractivity contribution in [3.63, 3.8) is 0 Å². The fourth-order valence-corrected chi connectivity index (χ4v) is 3.46. The Balaban J connectivity index is 1.60. The molecule has 0 bridgehead atoms. The predicted octanol–water partition coefficient (Wildman–Crippen LogP) is 2.12. The first-order chi connectivity index (χ1) is 11.1. The lowest BCUT2D eigenvalue weighted by Crippen LogP contribution is -2.43. The van der Waals surface area contributed by atoms with E-state index >= 15 is 0 Å². The monoisotopic (exact) mass is 318 g/mol. The van der Waals surface area contributed by atoms with Crippen LogP contribution < -0.4 is 14.8 Å². The fraction of sp³-hybridized carbons (Fsp3) is 0.611. The van der Waals surface area contributed by atoms with Crippen LogP contribution in [0.3, 0.4) is 0 Å². The average Bonchev–Trinajstić information content (AvgIpc) is 2.91. The molecule has 3 rings (SSSR count). The van der Waals surface area contributed by atoms with Crippen molar-refractivity contribution in [3.05, 3.63) is 23.3 Å². The predicted molar refractivity (Wildman–Crippen MR) is 88.9 cm³/mol. The van der Waals surface area contributed by atoms with Crippen LogP contribution in [0.5, 0.6) is 11.5 Å². The van der Waals surface area contributed by atoms with Gasteiger partial charge >= 0.3 is 0 Å². The number of benzene rings is 1. The number of rotatable bonds is 4. The molecule has 1 aromatic rings. The molecule has 1 aromatic carbocycles. The number of hydrogen-bond acceptors (Lipinski definition) is 4. The fourth-order valence-electron chi connectivity index (χ4n) is 3.46. The van der Waals surface area contributed by atoms with E-state index in [2.05, 4.69) is 24.4 Å². The average molecular weight is 318 g/mol. The number of amides is 1. The van der Waals surface area contributed by atoms with Crippen LogP contribution in [0.4, 0.5) is 0 Å². The zero-order valence-corrected chi connectivity index (χ0v) is 14.2. The lowest BCUT2D eigenvalue weighted by molar-refractivity contribution is -0.129. The van der Waals surface area contributed by atoms with Crippen molar-refractivity contribution >= 4 is 5.91 Å². The van der Waals surface area contributed by atoms with Gasteiger partial charge in [-0.05, 0) is 31.9 Å². The summed E-state index contributed by atoms with van der Waals surface area (Å²) in [6.45, 7) is 6.18. The molecular formula is C18H26N2O3. The van der Waals surface area contributed by atoms with Crippen LogP contribution in [-0.4, -0.2) is 43.2 Å². The summed E-state index contributed by atoms with van der Waals surface area (Å²) < 4.78 is 11.4. The van der Waals surface area contributed by atoms with E-state index < -0.39 is 0 Å². The molecule has 0 unspecified atom stereocenters. The van der Waals surface area contributed by atoms with Crippen LogP contribution in [0.25, 0.3) is 0 Å². The summed E-state index contributed by atoms with van der Waals surface area (Å²) in [6.07, 6.45) is 3.19. The summed E-state index contributed by atoms with van der Waals surface area (Å²) in [6, 6.07) is 4.66. The van der Waals surface area contributed by atoms with E-state index in [0.29, 0.717) is 6.04 Å². The SMILES string of the molecule is COc1cc2c(cc1CNC1CCN(C(C)=O)CC1)O[C@H](C)C2. The van der Waals surface area contributed by atoms with Gasteiger partial charge < -0.3 is 19.7 Å². The van der Waals surface area contributed by atoms with Crippen molar-refractivity contribution < 1.29 is 14.3 Å². The number of ether oxygens (including phenoxy) is 2. The summed E-state index contributed by atoms with van der Waals surface area (Å²) in [4.78, 5) is 13.3. The molecule has 1 fully saturated rings. The Morgan fingerprint density at radius 1 is 1.39 bits per heavy atom. The number of piperidine rings is 1. The number of likely N-dealkylation sites (tertiary alicyclic amines) is 1. The van der Waals surface area contributed by atoms with Gasteiger partial charge in [-0.15, -0.1) is 0 Å². The van der Waals surface area contributed by atoms with Crippen LogP contribution in [0.1, 0.15) is 37.8 Å². The van der Waals surface area contributed by atoms with E-state index in [0.717, 1.165) is 56.0 Å². The molecule has 126 valence electrons. The Morgan fingerprint density at radius 2 is 2.13 bits per heavy atom. The molecule has 0 aromatic heterocycles. The highest BCUT2D eigenvalue weighted by molar-refractivity contribution is 5.73. The number of nitrogens with zero attached hydrogens (tertiary/aromatic N) is 1. The van der Waals surface area contributed by atoms with Crippen molar-refractivity contribution in [2.45, 2.75) is 51.8 Å². The Morgan fingerprint density at radius 3 is 2.78 bits per heavy atom. The highest BCUT2D eigenvalue weighted by Crippen LogP contribution is 2.35. The van der Waals surface area contributed by atoms with Gasteiger partial charge in [-0.2, -0.15) is 0 Å². The van der Waals surface area contributed by atoms with Crippen LogP contribution in [0.2, 0.25) is 0 Å². The molecule has 1 saturated heterocycles. The van der Waals surface area contributed by atoms with Gasteiger partial charge in [-0.1, -0.05) is 0 Å². The summed E-state index contributed by atoms with van der Waals surface area (Å²) in [5.41, 5.74) is 2.36. The molecule has 1 amide bonds. The summed E-state index contributed by atoms with van der Waals surface area (Å²) in [5.74, 6) is 2.09. The standard InChI is InChI=1S/C18H26N2O3/c1-12-8-14-9-17(22-3)15(10-18(14)23-12)11-19-16-4-6-20(7-5-16)13(2)21/h9-10,12,16,19H,4-8,11H2,1-3H3/t12-/m1/s1. The van der Waals surface area contributed by atoms with Gasteiger partial charge in [0.1, 0.15) is 17.6 Å². The normalized spacial score (nSPS) is 21.0. The van der Waals surface area contributed by atoms with Gasteiger partial charge in [-0.25, -0.2) is 0 Å². The van der Waals surface area contributed by atoms with E-state index in [1.165, 1.54) is 5.56 Å². The molecule has 23 heavy (non-hydrogen) atoms. The number of carbonyl (C=O) groups is 1. The van der Waals surface area contributed by atoms with Crippen molar-refractivity contribution in [2.24, 2.45) is 0 Å². The van der Waals surface area contributed by atoms with Crippen molar-refractivity contribution in [2.75, 3.05) is 20.2 Å². The maximum absolute atomic E-state index is 11.4. The summed E-state index contributed by atoms with van der Waals surface area (Å²) in [7, 11) is 1.72. The van der Waals surface area contributed by atoms with E-state index in [9.17, 15) is 4.79 Å². The van der Waals surface area contributed by atoms with Gasteiger partial charge in [0.25, 0.3) is 0 Å². The van der Waals surface area contributed by atoms with Gasteiger partial charge in [-0.3, -0.25) is 4.79 Å². The highest BCUT2D eigenvalue weighted by Gasteiger charge is 2.23. The highest BCUT2D eigenvalue weighted by atomic mass is 16.5. The first-order valence-corrected chi connectivity index (χ1v) is 8.42. The van der Waals surface area contributed by atoms with Gasteiger partial charge in [0.15, 0.2) is 0 Å². The van der Waals surface area contributed by atoms with Crippen LogP contribution in [-0.2, 0) is 17.8 Å². The van der Waals surface area contributed by atoms with Crippen molar-refractivity contribution in [3.8, 4) is 11.5 Å². The molecule has 2 aliphatic rings. The quantitative estimate of drug-likeness (QED) is 0.924. The first kappa shape index (κ1) is 16.1. The minimum atomic E-state index is 0.176. The molecule has 2 aliphatic heterocycles. The number of hydrogen-bond donors (Lipinski definition) is 1. The van der Waals surface area contributed by atoms with Crippen LogP contribution >= 0.6 is 0 Å². The van der Waals surface area contributed by atoms with Crippen molar-refractivity contribution in [1.82, 2.24) is 10.2 Å². The second kappa shape index (κ2) is 6.79. The molecule has 0 radical (unpaired) electrons. The molecule has 1 atom stereocenters. The summed E-state index contributed by atoms with van der Waals surface area (Å²) >= 11 is 0. The van der Waals surface area contributed by atoms with Crippen LogP contribution in [0.15, 0.2) is 12.1 Å².